The lowest BCUT2D eigenvalue weighted by Crippen LogP contribution is -2.62. The number of methoxy groups -OCH3 is 1. The zero-order valence-corrected chi connectivity index (χ0v) is 24.5. The largest absolute Gasteiger partial charge is 0.467 e. The van der Waals surface area contributed by atoms with Gasteiger partial charge in [0.05, 0.1) is 25.3 Å². The van der Waals surface area contributed by atoms with Crippen LogP contribution >= 0.6 is 0 Å². The fourth-order valence-corrected chi connectivity index (χ4v) is 8.73. The molecule has 4 aliphatic rings. The molecule has 5 N–H and O–H groups in total. The number of hydrogen-bond donors (Lipinski definition) is 5. The van der Waals surface area contributed by atoms with Crippen molar-refractivity contribution in [2.75, 3.05) is 20.3 Å². The molecule has 5 rings (SSSR count). The normalized spacial score (nSPS) is 37.1. The fourth-order valence-electron chi connectivity index (χ4n) is 8.73. The van der Waals surface area contributed by atoms with Gasteiger partial charge in [-0.25, -0.2) is 9.78 Å². The lowest BCUT2D eigenvalue weighted by atomic mass is 9.45. The number of Topliss-reactive ketones (excluding diaryl/α,β-unsaturated/α-hetero) is 1. The van der Waals surface area contributed by atoms with E-state index in [1.54, 1.807) is 6.20 Å². The minimum atomic E-state index is -1.61. The average molecular weight is 587 g/mol. The first kappa shape index (κ1) is 30.4. The first-order valence-corrected chi connectivity index (χ1v) is 14.8. The van der Waals surface area contributed by atoms with E-state index < -0.39 is 47.4 Å². The Balaban J connectivity index is 1.24. The number of allylic oxidation sites excluding steroid dienone is 2. The molecular formula is C30H42N4O8. The molecule has 3 fully saturated rings. The Morgan fingerprint density at radius 1 is 1.24 bits per heavy atom. The van der Waals surface area contributed by atoms with Crippen LogP contribution in [0.15, 0.2) is 29.3 Å². The molecule has 0 aliphatic heterocycles. The highest BCUT2D eigenvalue weighted by Gasteiger charge is 2.68. The number of nitrogens with zero attached hydrogens (tertiary/aromatic N) is 2. The van der Waals surface area contributed by atoms with Crippen molar-refractivity contribution in [2.45, 2.75) is 83.0 Å². The minimum absolute atomic E-state index is 0.0134. The maximum Gasteiger partial charge on any atom is 0.328 e. The molecule has 0 saturated heterocycles. The Hall–Kier alpha value is -3.09. The molecule has 3 saturated carbocycles. The summed E-state index contributed by atoms with van der Waals surface area (Å²) in [5.74, 6) is -1.41. The summed E-state index contributed by atoms with van der Waals surface area (Å²) in [4.78, 5) is 49.4. The maximum absolute atomic E-state index is 12.6. The minimum Gasteiger partial charge on any atom is -0.467 e. The van der Waals surface area contributed by atoms with Crippen molar-refractivity contribution in [3.05, 3.63) is 29.9 Å². The SMILES string of the molecule is COC(=O)[C@H](Cc1cnc[nH]1)NC(=O)CO/N=C1\C=C2CC[C@@H]3[C@H]([C@H](O)C[C@]4(C)[C@H]3CC[C@]4(O)C(=O)CO)[C@]2(C)CC1. The van der Waals surface area contributed by atoms with Crippen molar-refractivity contribution in [2.24, 2.45) is 33.7 Å². The Bertz CT molecular complexity index is 1260. The van der Waals surface area contributed by atoms with Crippen LogP contribution in [-0.4, -0.2) is 86.7 Å². The summed E-state index contributed by atoms with van der Waals surface area (Å²) in [7, 11) is 1.26. The number of esters is 1. The number of rotatable bonds is 9. The number of aromatic nitrogens is 2. The van der Waals surface area contributed by atoms with E-state index in [1.165, 1.54) is 19.0 Å². The number of carbonyl (C=O) groups is 3. The van der Waals surface area contributed by atoms with E-state index in [-0.39, 0.29) is 36.2 Å². The number of fused-ring (bicyclic) bond motifs is 5. The molecule has 1 amide bonds. The van der Waals surface area contributed by atoms with Gasteiger partial charge in [-0.15, -0.1) is 0 Å². The number of aromatic amines is 1. The fraction of sp³-hybridized carbons (Fsp3) is 0.700. The van der Waals surface area contributed by atoms with Crippen LogP contribution in [0.4, 0.5) is 0 Å². The molecule has 12 nitrogen and oxygen atoms in total. The van der Waals surface area contributed by atoms with E-state index in [0.29, 0.717) is 31.4 Å². The van der Waals surface area contributed by atoms with Gasteiger partial charge in [-0.2, -0.15) is 0 Å². The number of oxime groups is 1. The summed E-state index contributed by atoms with van der Waals surface area (Å²) in [6.07, 6.45) is 8.90. The molecule has 1 heterocycles. The molecule has 4 aliphatic carbocycles. The molecule has 230 valence electrons. The monoisotopic (exact) mass is 586 g/mol. The van der Waals surface area contributed by atoms with Gasteiger partial charge in [0.2, 0.25) is 0 Å². The summed E-state index contributed by atoms with van der Waals surface area (Å²) in [6, 6.07) is -0.895. The van der Waals surface area contributed by atoms with Crippen LogP contribution < -0.4 is 5.32 Å². The Kier molecular flexibility index (Phi) is 8.34. The summed E-state index contributed by atoms with van der Waals surface area (Å²) in [6.45, 7) is 3.05. The van der Waals surface area contributed by atoms with E-state index in [0.717, 1.165) is 25.0 Å². The first-order chi connectivity index (χ1) is 20.0. The summed E-state index contributed by atoms with van der Waals surface area (Å²) in [5.41, 5.74) is -0.0624. The second kappa shape index (κ2) is 11.5. The molecule has 0 aromatic carbocycles. The lowest BCUT2D eigenvalue weighted by molar-refractivity contribution is -0.181. The van der Waals surface area contributed by atoms with Crippen molar-refractivity contribution >= 4 is 23.4 Å². The predicted octanol–water partition coefficient (Wildman–Crippen LogP) is 1.21. The van der Waals surface area contributed by atoms with E-state index in [1.807, 2.05) is 13.0 Å². The number of aliphatic hydroxyl groups is 3. The number of imidazole rings is 1. The molecular weight excluding hydrogens is 544 g/mol. The van der Waals surface area contributed by atoms with Gasteiger partial charge < -0.3 is 35.2 Å². The highest BCUT2D eigenvalue weighted by Crippen LogP contribution is 2.67. The Morgan fingerprint density at radius 3 is 2.71 bits per heavy atom. The highest BCUT2D eigenvalue weighted by molar-refractivity contribution is 5.96. The van der Waals surface area contributed by atoms with Gasteiger partial charge in [-0.05, 0) is 74.2 Å². The van der Waals surface area contributed by atoms with Crippen molar-refractivity contribution in [1.82, 2.24) is 15.3 Å². The maximum atomic E-state index is 12.6. The van der Waals surface area contributed by atoms with Crippen molar-refractivity contribution < 1.29 is 39.3 Å². The third-order valence-corrected chi connectivity index (χ3v) is 10.8. The van der Waals surface area contributed by atoms with Crippen molar-refractivity contribution in [1.29, 1.82) is 0 Å². The number of H-pyrrole nitrogens is 1. The zero-order chi connectivity index (χ0) is 30.3. The number of amides is 1. The molecule has 0 spiro atoms. The summed E-state index contributed by atoms with van der Waals surface area (Å²) >= 11 is 0. The molecule has 0 radical (unpaired) electrons. The van der Waals surface area contributed by atoms with Gasteiger partial charge in [-0.1, -0.05) is 24.6 Å². The van der Waals surface area contributed by atoms with Crippen LogP contribution in [-0.2, 0) is 30.4 Å². The number of ether oxygens (including phenoxy) is 1. The number of carbonyl (C=O) groups excluding carboxylic acids is 3. The first-order valence-electron chi connectivity index (χ1n) is 14.8. The number of hydrogen-bond acceptors (Lipinski definition) is 10. The van der Waals surface area contributed by atoms with Crippen LogP contribution in [0.2, 0.25) is 0 Å². The number of aliphatic hydroxyl groups excluding tert-OH is 2. The Labute approximate surface area is 244 Å². The van der Waals surface area contributed by atoms with Crippen LogP contribution in [0.5, 0.6) is 0 Å². The standard InChI is InChI=1S/C30H42N4O8/c1-28-8-6-18(34-42-15-25(38)33-22(27(39)41-3)11-19-13-31-16-32-19)10-17(28)4-5-20-21-7-9-30(40,24(37)14-35)29(21,2)12-23(36)26(20)28/h10,13,16,20-23,26,35-36,40H,4-9,11-12,14-15H2,1-3H3,(H,31,32)(H,33,38)/b34-18-/t20-,21-,22-,23+,26+,28+,29+,30-/m0/s1. The van der Waals surface area contributed by atoms with Crippen molar-refractivity contribution in [3.63, 3.8) is 0 Å². The van der Waals surface area contributed by atoms with Crippen LogP contribution in [0.1, 0.15) is 64.5 Å². The zero-order valence-electron chi connectivity index (χ0n) is 24.5. The second-order valence-electron chi connectivity index (χ2n) is 12.9. The van der Waals surface area contributed by atoms with Crippen LogP contribution in [0.3, 0.4) is 0 Å². The Morgan fingerprint density at radius 2 is 2.02 bits per heavy atom. The van der Waals surface area contributed by atoms with E-state index in [4.69, 9.17) is 9.57 Å². The third-order valence-electron chi connectivity index (χ3n) is 10.8. The molecule has 42 heavy (non-hydrogen) atoms. The molecule has 8 atom stereocenters. The third kappa shape index (κ3) is 5.07. The average Bonchev–Trinajstić information content (AvgIpc) is 3.57. The van der Waals surface area contributed by atoms with E-state index >= 15 is 0 Å². The van der Waals surface area contributed by atoms with E-state index in [2.05, 4.69) is 27.4 Å². The molecule has 1 aromatic heterocycles. The molecule has 1 aromatic rings. The van der Waals surface area contributed by atoms with Gasteiger partial charge in [0, 0.05) is 23.7 Å². The quantitative estimate of drug-likeness (QED) is 0.210. The summed E-state index contributed by atoms with van der Waals surface area (Å²) in [5, 5.41) is 39.3. The van der Waals surface area contributed by atoms with Gasteiger partial charge in [-0.3, -0.25) is 9.59 Å². The van der Waals surface area contributed by atoms with Gasteiger partial charge in [0.15, 0.2) is 12.4 Å². The van der Waals surface area contributed by atoms with Gasteiger partial charge >= 0.3 is 5.97 Å². The van der Waals surface area contributed by atoms with Gasteiger partial charge in [0.1, 0.15) is 18.2 Å². The highest BCUT2D eigenvalue weighted by atomic mass is 16.6. The predicted molar refractivity (Wildman–Crippen MR) is 150 cm³/mol. The molecule has 0 bridgehead atoms. The number of nitrogens with one attached hydrogen (secondary N) is 2. The van der Waals surface area contributed by atoms with Crippen LogP contribution in [0.25, 0.3) is 0 Å². The summed E-state index contributed by atoms with van der Waals surface area (Å²) < 4.78 is 4.80. The van der Waals surface area contributed by atoms with Gasteiger partial charge in [0.25, 0.3) is 5.91 Å². The van der Waals surface area contributed by atoms with Crippen molar-refractivity contribution in [3.8, 4) is 0 Å². The smallest absolute Gasteiger partial charge is 0.328 e. The topological polar surface area (TPSA) is 183 Å². The van der Waals surface area contributed by atoms with Crippen LogP contribution in [0, 0.1) is 28.6 Å². The van der Waals surface area contributed by atoms with E-state index in [9.17, 15) is 29.7 Å². The molecule has 0 unspecified atom stereocenters. The lowest BCUT2D eigenvalue weighted by Gasteiger charge is -2.60. The molecule has 12 heteroatoms. The second-order valence-corrected chi connectivity index (χ2v) is 12.9. The number of ketones is 1.